The minimum Gasteiger partial charge on any atom is -0.356 e. The van der Waals surface area contributed by atoms with Crippen LogP contribution in [0.4, 0.5) is 0 Å². The van der Waals surface area contributed by atoms with Gasteiger partial charge in [0.1, 0.15) is 4.34 Å². The average Bonchev–Trinajstić information content (AvgIpc) is 3.21. The van der Waals surface area contributed by atoms with E-state index in [1.165, 1.54) is 4.88 Å². The van der Waals surface area contributed by atoms with E-state index >= 15 is 0 Å². The number of rotatable bonds is 8. The molecule has 1 N–H and O–H groups in total. The number of guanidine groups is 1. The zero-order valence-corrected chi connectivity index (χ0v) is 15.4. The molecule has 0 saturated carbocycles. The van der Waals surface area contributed by atoms with Crippen LogP contribution in [0.1, 0.15) is 11.3 Å². The van der Waals surface area contributed by atoms with Crippen molar-refractivity contribution in [1.29, 1.82) is 0 Å². The lowest BCUT2D eigenvalue weighted by molar-refractivity contribution is 0.486. The highest BCUT2D eigenvalue weighted by Gasteiger charge is 2.06. The van der Waals surface area contributed by atoms with Gasteiger partial charge in [-0.25, -0.2) is 4.98 Å². The van der Waals surface area contributed by atoms with Gasteiger partial charge in [-0.15, -0.1) is 22.7 Å². The van der Waals surface area contributed by atoms with Gasteiger partial charge >= 0.3 is 0 Å². The number of likely N-dealkylation sites (N-methyl/N-ethyl adjacent to an activating group) is 1. The Morgan fingerprint density at radius 3 is 3.00 bits per heavy atom. The Balaban J connectivity index is 1.61. The van der Waals surface area contributed by atoms with Crippen molar-refractivity contribution in [3.63, 3.8) is 0 Å². The molecule has 0 fully saturated rings. The van der Waals surface area contributed by atoms with Gasteiger partial charge in [0, 0.05) is 49.4 Å². The van der Waals surface area contributed by atoms with E-state index in [9.17, 15) is 0 Å². The van der Waals surface area contributed by atoms with Crippen molar-refractivity contribution in [2.24, 2.45) is 4.99 Å². The Hall–Kier alpha value is -1.05. The fourth-order valence-corrected chi connectivity index (χ4v) is 4.28. The fourth-order valence-electron chi connectivity index (χ4n) is 1.94. The van der Waals surface area contributed by atoms with Crippen molar-refractivity contribution in [2.75, 3.05) is 32.9 Å². The maximum atomic E-state index is 4.35. The van der Waals surface area contributed by atoms with E-state index in [2.05, 4.69) is 44.8 Å². The van der Waals surface area contributed by atoms with Gasteiger partial charge in [0.05, 0.1) is 0 Å². The predicted molar refractivity (Wildman–Crippen MR) is 99.5 cm³/mol. The molecule has 0 aromatic carbocycles. The number of thiophene rings is 1. The molecular weight excluding hydrogens is 332 g/mol. The van der Waals surface area contributed by atoms with Crippen LogP contribution in [0.15, 0.2) is 38.4 Å². The number of nitrogens with one attached hydrogen (secondary N) is 1. The normalized spacial score (nSPS) is 11.6. The number of thioether (sulfide) groups is 1. The average molecular weight is 355 g/mol. The van der Waals surface area contributed by atoms with Crippen molar-refractivity contribution >= 4 is 40.4 Å². The van der Waals surface area contributed by atoms with Crippen molar-refractivity contribution < 1.29 is 0 Å². The van der Waals surface area contributed by atoms with E-state index in [-0.39, 0.29) is 0 Å². The first kappa shape index (κ1) is 17.3. The summed E-state index contributed by atoms with van der Waals surface area (Å²) in [7, 11) is 3.93. The first-order valence-corrected chi connectivity index (χ1v) is 10.0. The molecule has 2 aromatic rings. The smallest absolute Gasteiger partial charge is 0.193 e. The summed E-state index contributed by atoms with van der Waals surface area (Å²) in [6, 6.07) is 4.29. The van der Waals surface area contributed by atoms with Crippen molar-refractivity contribution in [3.8, 4) is 0 Å². The first-order chi connectivity index (χ1) is 10.8. The van der Waals surface area contributed by atoms with E-state index in [0.29, 0.717) is 0 Å². The molecule has 0 spiro atoms. The van der Waals surface area contributed by atoms with E-state index in [1.807, 2.05) is 41.7 Å². The quantitative estimate of drug-likeness (QED) is 0.341. The molecule has 0 amide bonds. The highest BCUT2D eigenvalue weighted by Crippen LogP contribution is 2.20. The van der Waals surface area contributed by atoms with Crippen molar-refractivity contribution in [1.82, 2.24) is 15.2 Å². The summed E-state index contributed by atoms with van der Waals surface area (Å²) in [5, 5.41) is 7.57. The third-order valence-corrected chi connectivity index (χ3v) is 6.07. The topological polar surface area (TPSA) is 40.5 Å². The number of aliphatic imine (C=N–C) groups is 1. The number of thiazole rings is 1. The van der Waals surface area contributed by atoms with Gasteiger partial charge in [-0.3, -0.25) is 4.99 Å². The monoisotopic (exact) mass is 354 g/mol. The van der Waals surface area contributed by atoms with E-state index < -0.39 is 0 Å². The number of aromatic nitrogens is 1. The molecule has 0 radical (unpaired) electrons. The zero-order chi connectivity index (χ0) is 15.6. The van der Waals surface area contributed by atoms with Crippen LogP contribution in [0, 0.1) is 0 Å². The number of hydrogen-bond donors (Lipinski definition) is 1. The summed E-state index contributed by atoms with van der Waals surface area (Å²) in [6.07, 6.45) is 4.02. The second-order valence-electron chi connectivity index (χ2n) is 4.72. The zero-order valence-electron chi connectivity index (χ0n) is 13.0. The summed E-state index contributed by atoms with van der Waals surface area (Å²) in [5.41, 5.74) is 0. The largest absolute Gasteiger partial charge is 0.356 e. The highest BCUT2D eigenvalue weighted by molar-refractivity contribution is 8.00. The van der Waals surface area contributed by atoms with Crippen molar-refractivity contribution in [2.45, 2.75) is 17.2 Å². The summed E-state index contributed by atoms with van der Waals surface area (Å²) in [4.78, 5) is 12.2. The second-order valence-corrected chi connectivity index (χ2v) is 7.99. The van der Waals surface area contributed by atoms with Crippen LogP contribution in [0.2, 0.25) is 0 Å². The van der Waals surface area contributed by atoms with E-state index in [0.717, 1.165) is 42.0 Å². The molecule has 120 valence electrons. The molecule has 0 aliphatic rings. The molecule has 7 heteroatoms. The Bertz CT molecular complexity index is 537. The molecule has 4 nitrogen and oxygen atoms in total. The molecule has 0 saturated heterocycles. The van der Waals surface area contributed by atoms with Gasteiger partial charge in [0.15, 0.2) is 5.96 Å². The van der Waals surface area contributed by atoms with Crippen LogP contribution in [0.25, 0.3) is 0 Å². The Labute approximate surface area is 144 Å². The minimum absolute atomic E-state index is 0.939. The van der Waals surface area contributed by atoms with Gasteiger partial charge in [0.2, 0.25) is 0 Å². The lowest BCUT2D eigenvalue weighted by atomic mass is 10.3. The highest BCUT2D eigenvalue weighted by atomic mass is 32.2. The third-order valence-electron chi connectivity index (χ3n) is 3.09. The van der Waals surface area contributed by atoms with Gasteiger partial charge < -0.3 is 10.2 Å². The van der Waals surface area contributed by atoms with Crippen LogP contribution < -0.4 is 5.32 Å². The lowest BCUT2D eigenvalue weighted by Gasteiger charge is -2.21. The van der Waals surface area contributed by atoms with Crippen LogP contribution >= 0.6 is 34.4 Å². The summed E-state index contributed by atoms with van der Waals surface area (Å²) in [5.74, 6) is 2.05. The van der Waals surface area contributed by atoms with E-state index in [4.69, 9.17) is 0 Å². The molecule has 2 rings (SSSR count). The molecule has 2 heterocycles. The Morgan fingerprint density at radius 2 is 2.32 bits per heavy atom. The van der Waals surface area contributed by atoms with Crippen molar-refractivity contribution in [3.05, 3.63) is 34.0 Å². The molecule has 22 heavy (non-hydrogen) atoms. The molecule has 0 atom stereocenters. The molecule has 0 unspecified atom stereocenters. The van der Waals surface area contributed by atoms with Crippen LogP contribution in [-0.2, 0) is 6.42 Å². The molecule has 0 aliphatic carbocycles. The Morgan fingerprint density at radius 1 is 1.41 bits per heavy atom. The predicted octanol–water partition coefficient (Wildman–Crippen LogP) is 3.44. The van der Waals surface area contributed by atoms with Crippen LogP contribution in [-0.4, -0.2) is 48.8 Å². The Kier molecular flexibility index (Phi) is 7.76. The molecule has 0 aliphatic heterocycles. The van der Waals surface area contributed by atoms with E-state index in [1.54, 1.807) is 11.3 Å². The number of nitrogens with zero attached hydrogens (tertiary/aromatic N) is 3. The first-order valence-electron chi connectivity index (χ1n) is 7.26. The van der Waals surface area contributed by atoms with Gasteiger partial charge in [-0.2, -0.15) is 0 Å². The SMILES string of the molecule is CN=C(NCCCSc1nccs1)N(C)CCc1cccs1. The van der Waals surface area contributed by atoms with Crippen LogP contribution in [0.3, 0.4) is 0 Å². The molecule has 2 aromatic heterocycles. The second kappa shape index (κ2) is 9.86. The molecular formula is C15H22N4S3. The fraction of sp³-hybridized carbons (Fsp3) is 0.467. The number of hydrogen-bond acceptors (Lipinski definition) is 5. The van der Waals surface area contributed by atoms with Gasteiger partial charge in [-0.1, -0.05) is 17.8 Å². The molecule has 0 bridgehead atoms. The van der Waals surface area contributed by atoms with Gasteiger partial charge in [-0.05, 0) is 24.3 Å². The summed E-state index contributed by atoms with van der Waals surface area (Å²) < 4.78 is 1.15. The third kappa shape index (κ3) is 5.98. The summed E-state index contributed by atoms with van der Waals surface area (Å²) >= 11 is 5.33. The standard InChI is InChI=1S/C15H22N4S3/c1-16-14(19(2)9-6-13-5-3-10-20-13)17-7-4-11-21-15-18-8-12-22-15/h3,5,8,10,12H,4,6-7,9,11H2,1-2H3,(H,16,17). The minimum atomic E-state index is 0.939. The maximum Gasteiger partial charge on any atom is 0.193 e. The lowest BCUT2D eigenvalue weighted by Crippen LogP contribution is -2.40. The summed E-state index contributed by atoms with van der Waals surface area (Å²) in [6.45, 7) is 1.92. The maximum absolute atomic E-state index is 4.35. The van der Waals surface area contributed by atoms with Gasteiger partial charge in [0.25, 0.3) is 0 Å². The van der Waals surface area contributed by atoms with Crippen LogP contribution in [0.5, 0.6) is 0 Å².